The van der Waals surface area contributed by atoms with Crippen molar-refractivity contribution in [2.45, 2.75) is 26.7 Å². The molecule has 123 valence electrons. The molecule has 0 amide bonds. The fourth-order valence-electron chi connectivity index (χ4n) is 1.92. The fourth-order valence-corrected chi connectivity index (χ4v) is 2.44. The van der Waals surface area contributed by atoms with Crippen molar-refractivity contribution in [1.29, 1.82) is 0 Å². The SMILES string of the molecule is CCc1coc(-c2nc(-c3nc(CC)co3)c(Cl)cc2Cl)n1.[Co]. The largest absolute Gasteiger partial charge is 0.443 e. The normalized spacial score (nSPS) is 10.6. The Hall–Kier alpha value is -1.34. The minimum Gasteiger partial charge on any atom is -0.443 e. The Bertz CT molecular complexity index is 753. The second kappa shape index (κ2) is 7.48. The second-order valence-electron chi connectivity index (χ2n) is 4.64. The summed E-state index contributed by atoms with van der Waals surface area (Å²) in [7, 11) is 0. The van der Waals surface area contributed by atoms with Crippen LogP contribution in [0.25, 0.3) is 23.2 Å². The van der Waals surface area contributed by atoms with Crippen LogP contribution in [-0.2, 0) is 29.6 Å². The molecule has 0 N–H and O–H groups in total. The molecule has 0 saturated heterocycles. The van der Waals surface area contributed by atoms with Crippen LogP contribution in [0, 0.1) is 0 Å². The minimum atomic E-state index is 0. The Balaban J connectivity index is 0.00000192. The van der Waals surface area contributed by atoms with Gasteiger partial charge >= 0.3 is 0 Å². The van der Waals surface area contributed by atoms with Crippen LogP contribution in [-0.4, -0.2) is 15.0 Å². The molecule has 0 atom stereocenters. The summed E-state index contributed by atoms with van der Waals surface area (Å²) in [4.78, 5) is 13.1. The first kappa shape index (κ1) is 18.0. The third-order valence-electron chi connectivity index (χ3n) is 3.16. The first-order chi connectivity index (χ1) is 10.6. The number of nitrogens with zero attached hydrogens (tertiary/aromatic N) is 3. The first-order valence-electron chi connectivity index (χ1n) is 6.88. The van der Waals surface area contributed by atoms with E-state index < -0.39 is 0 Å². The van der Waals surface area contributed by atoms with Crippen molar-refractivity contribution in [3.8, 4) is 23.2 Å². The van der Waals surface area contributed by atoms with Crippen molar-refractivity contribution in [3.63, 3.8) is 0 Å². The monoisotopic (exact) mass is 396 g/mol. The van der Waals surface area contributed by atoms with E-state index in [1.807, 2.05) is 13.8 Å². The summed E-state index contributed by atoms with van der Waals surface area (Å²) >= 11 is 12.4. The van der Waals surface area contributed by atoms with Gasteiger partial charge in [0.15, 0.2) is 0 Å². The summed E-state index contributed by atoms with van der Waals surface area (Å²) in [6, 6.07) is 1.59. The molecule has 0 fully saturated rings. The van der Waals surface area contributed by atoms with Crippen LogP contribution in [0.4, 0.5) is 0 Å². The third kappa shape index (κ3) is 3.61. The average molecular weight is 397 g/mol. The summed E-state index contributed by atoms with van der Waals surface area (Å²) in [6.45, 7) is 3.98. The predicted molar refractivity (Wildman–Crippen MR) is 84.0 cm³/mol. The van der Waals surface area contributed by atoms with Crippen LogP contribution in [0.15, 0.2) is 27.4 Å². The fraction of sp³-hybridized carbons (Fsp3) is 0.267. The second-order valence-corrected chi connectivity index (χ2v) is 5.46. The van der Waals surface area contributed by atoms with E-state index in [-0.39, 0.29) is 16.8 Å². The number of rotatable bonds is 4. The van der Waals surface area contributed by atoms with Gasteiger partial charge in [0, 0.05) is 16.8 Å². The topological polar surface area (TPSA) is 65.0 Å². The maximum Gasteiger partial charge on any atom is 0.246 e. The van der Waals surface area contributed by atoms with Crippen LogP contribution >= 0.6 is 23.2 Å². The number of aryl methyl sites for hydroxylation is 2. The van der Waals surface area contributed by atoms with Crippen LogP contribution in [0.2, 0.25) is 10.0 Å². The number of halogens is 2. The molecule has 3 heterocycles. The van der Waals surface area contributed by atoms with Gasteiger partial charge in [-0.05, 0) is 18.9 Å². The smallest absolute Gasteiger partial charge is 0.246 e. The predicted octanol–water partition coefficient (Wildman–Crippen LogP) is 4.82. The Kier molecular flexibility index (Phi) is 5.86. The van der Waals surface area contributed by atoms with Crippen molar-refractivity contribution >= 4 is 23.2 Å². The standard InChI is InChI=1S/C15H13Cl2N3O2.Co/c1-3-8-6-21-14(18-8)12-10(16)5-11(17)13(20-12)15-19-9(4-2)7-22-15;/h5-7H,3-4H2,1-2H3;. The summed E-state index contributed by atoms with van der Waals surface area (Å²) < 4.78 is 10.9. The van der Waals surface area contributed by atoms with Gasteiger partial charge < -0.3 is 8.83 Å². The summed E-state index contributed by atoms with van der Waals surface area (Å²) in [5.41, 5.74) is 2.48. The molecular formula is C15H13Cl2CoN3O2. The van der Waals surface area contributed by atoms with Crippen molar-refractivity contribution in [2.24, 2.45) is 0 Å². The van der Waals surface area contributed by atoms with Crippen molar-refractivity contribution in [2.75, 3.05) is 0 Å². The molecule has 3 aromatic rings. The Morgan fingerprint density at radius 2 is 1.26 bits per heavy atom. The Morgan fingerprint density at radius 3 is 1.61 bits per heavy atom. The average Bonchev–Trinajstić information content (AvgIpc) is 3.16. The summed E-state index contributed by atoms with van der Waals surface area (Å²) in [6.07, 6.45) is 4.70. The van der Waals surface area contributed by atoms with E-state index in [0.29, 0.717) is 33.2 Å². The van der Waals surface area contributed by atoms with Gasteiger partial charge in [0.25, 0.3) is 0 Å². The van der Waals surface area contributed by atoms with Crippen LogP contribution in [0.5, 0.6) is 0 Å². The van der Waals surface area contributed by atoms with Gasteiger partial charge in [0.2, 0.25) is 11.8 Å². The van der Waals surface area contributed by atoms with Crippen molar-refractivity contribution < 1.29 is 25.6 Å². The van der Waals surface area contributed by atoms with Gasteiger partial charge in [-0.3, -0.25) is 0 Å². The van der Waals surface area contributed by atoms with Gasteiger partial charge in [-0.15, -0.1) is 0 Å². The zero-order valence-corrected chi connectivity index (χ0v) is 14.9. The van der Waals surface area contributed by atoms with Gasteiger partial charge in [-0.1, -0.05) is 37.0 Å². The number of aromatic nitrogens is 3. The van der Waals surface area contributed by atoms with E-state index in [4.69, 9.17) is 32.0 Å². The molecular weight excluding hydrogens is 384 g/mol. The number of hydrogen-bond donors (Lipinski definition) is 0. The molecule has 0 aromatic carbocycles. The molecule has 23 heavy (non-hydrogen) atoms. The van der Waals surface area contributed by atoms with E-state index in [0.717, 1.165) is 24.2 Å². The number of hydrogen-bond acceptors (Lipinski definition) is 5. The van der Waals surface area contributed by atoms with Gasteiger partial charge in [-0.2, -0.15) is 0 Å². The maximum atomic E-state index is 6.21. The van der Waals surface area contributed by atoms with E-state index in [2.05, 4.69) is 15.0 Å². The molecule has 0 aliphatic rings. The van der Waals surface area contributed by atoms with Crippen molar-refractivity contribution in [1.82, 2.24) is 15.0 Å². The molecule has 0 unspecified atom stereocenters. The Labute approximate surface area is 153 Å². The molecule has 5 nitrogen and oxygen atoms in total. The molecule has 0 aliphatic heterocycles. The Morgan fingerprint density at radius 1 is 0.826 bits per heavy atom. The van der Waals surface area contributed by atoms with E-state index in [1.54, 1.807) is 18.6 Å². The quantitative estimate of drug-likeness (QED) is 0.632. The molecule has 8 heteroatoms. The minimum absolute atomic E-state index is 0. The van der Waals surface area contributed by atoms with Gasteiger partial charge in [-0.25, -0.2) is 15.0 Å². The molecule has 0 saturated carbocycles. The summed E-state index contributed by atoms with van der Waals surface area (Å²) in [5.74, 6) is 0.698. The van der Waals surface area contributed by atoms with E-state index in [9.17, 15) is 0 Å². The van der Waals surface area contributed by atoms with Crippen molar-refractivity contribution in [3.05, 3.63) is 40.0 Å². The third-order valence-corrected chi connectivity index (χ3v) is 3.74. The van der Waals surface area contributed by atoms with Crippen LogP contribution in [0.1, 0.15) is 25.2 Å². The first-order valence-corrected chi connectivity index (χ1v) is 7.63. The van der Waals surface area contributed by atoms with E-state index >= 15 is 0 Å². The van der Waals surface area contributed by atoms with Crippen LogP contribution in [0.3, 0.4) is 0 Å². The maximum absolute atomic E-state index is 6.21. The van der Waals surface area contributed by atoms with Gasteiger partial charge in [0.05, 0.1) is 21.4 Å². The number of oxazole rings is 2. The zero-order chi connectivity index (χ0) is 15.7. The molecule has 3 aromatic heterocycles. The summed E-state index contributed by atoms with van der Waals surface area (Å²) in [5, 5.41) is 0.723. The molecule has 0 bridgehead atoms. The van der Waals surface area contributed by atoms with Crippen LogP contribution < -0.4 is 0 Å². The van der Waals surface area contributed by atoms with E-state index in [1.165, 1.54) is 0 Å². The molecule has 1 radical (unpaired) electrons. The molecule has 0 aliphatic carbocycles. The zero-order valence-electron chi connectivity index (χ0n) is 12.4. The number of pyridine rings is 1. The molecule has 3 rings (SSSR count). The molecule has 0 spiro atoms. The van der Waals surface area contributed by atoms with Gasteiger partial charge in [0.1, 0.15) is 23.9 Å².